The zero-order valence-corrected chi connectivity index (χ0v) is 15.3. The molecule has 0 saturated carbocycles. The summed E-state index contributed by atoms with van der Waals surface area (Å²) in [6.07, 6.45) is -4.56. The molecular formula is C17H17F3N2O4S. The fourth-order valence-corrected chi connectivity index (χ4v) is 3.31. The molecule has 146 valence electrons. The maximum Gasteiger partial charge on any atom is 0.416 e. The van der Waals surface area contributed by atoms with E-state index in [-0.39, 0.29) is 4.90 Å². The number of rotatable bonds is 6. The van der Waals surface area contributed by atoms with E-state index in [0.717, 1.165) is 23.5 Å². The number of carbonyl (C=O) groups excluding carboxylic acids is 1. The first-order chi connectivity index (χ1) is 12.5. The normalized spacial score (nSPS) is 12.1. The molecule has 0 bridgehead atoms. The zero-order valence-electron chi connectivity index (χ0n) is 14.4. The van der Waals surface area contributed by atoms with Crippen molar-refractivity contribution in [1.29, 1.82) is 0 Å². The molecule has 27 heavy (non-hydrogen) atoms. The van der Waals surface area contributed by atoms with Crippen LogP contribution in [0.1, 0.15) is 5.56 Å². The Balaban J connectivity index is 2.08. The summed E-state index contributed by atoms with van der Waals surface area (Å²) in [5, 5.41) is 2.53. The summed E-state index contributed by atoms with van der Waals surface area (Å²) in [5.74, 6) is -0.0974. The number of amides is 1. The first-order valence-electron chi connectivity index (χ1n) is 7.61. The van der Waals surface area contributed by atoms with Gasteiger partial charge in [0.2, 0.25) is 15.9 Å². The average Bonchev–Trinajstić information content (AvgIpc) is 2.61. The van der Waals surface area contributed by atoms with Crippen LogP contribution >= 0.6 is 0 Å². The smallest absolute Gasteiger partial charge is 0.416 e. The van der Waals surface area contributed by atoms with Crippen LogP contribution in [0.2, 0.25) is 0 Å². The number of anilines is 1. The molecule has 0 fully saturated rings. The molecule has 0 saturated heterocycles. The van der Waals surface area contributed by atoms with Gasteiger partial charge >= 0.3 is 6.18 Å². The summed E-state index contributed by atoms with van der Waals surface area (Å²) < 4.78 is 68.4. The van der Waals surface area contributed by atoms with Crippen LogP contribution < -0.4 is 10.1 Å². The number of halogens is 3. The summed E-state index contributed by atoms with van der Waals surface area (Å²) in [4.78, 5) is 11.7. The third-order valence-electron chi connectivity index (χ3n) is 3.61. The molecule has 0 radical (unpaired) electrons. The lowest BCUT2D eigenvalue weighted by atomic mass is 10.2. The van der Waals surface area contributed by atoms with E-state index in [2.05, 4.69) is 5.32 Å². The minimum Gasteiger partial charge on any atom is -0.497 e. The van der Waals surface area contributed by atoms with E-state index in [4.69, 9.17) is 4.74 Å². The van der Waals surface area contributed by atoms with Crippen molar-refractivity contribution in [2.24, 2.45) is 0 Å². The Hall–Kier alpha value is -2.59. The average molecular weight is 402 g/mol. The van der Waals surface area contributed by atoms with Crippen molar-refractivity contribution in [3.05, 3.63) is 54.1 Å². The van der Waals surface area contributed by atoms with Gasteiger partial charge in [0.15, 0.2) is 0 Å². The molecule has 0 spiro atoms. The Morgan fingerprint density at radius 1 is 1.15 bits per heavy atom. The fraction of sp³-hybridized carbons (Fsp3) is 0.235. The number of benzene rings is 2. The van der Waals surface area contributed by atoms with Crippen molar-refractivity contribution >= 4 is 21.6 Å². The van der Waals surface area contributed by atoms with Crippen LogP contribution in [-0.2, 0) is 21.0 Å². The quantitative estimate of drug-likeness (QED) is 0.806. The maximum atomic E-state index is 12.6. The second kappa shape index (κ2) is 7.97. The summed E-state index contributed by atoms with van der Waals surface area (Å²) in [6, 6.07) is 9.55. The Morgan fingerprint density at radius 2 is 1.78 bits per heavy atom. The SMILES string of the molecule is COc1cccc(NC(=O)CN(C)S(=O)(=O)c2ccc(C(F)(F)F)cc2)c1. The van der Waals surface area contributed by atoms with E-state index in [1.54, 1.807) is 24.3 Å². The molecule has 6 nitrogen and oxygen atoms in total. The number of nitrogens with one attached hydrogen (secondary N) is 1. The summed E-state index contributed by atoms with van der Waals surface area (Å²) in [7, 11) is -1.49. The van der Waals surface area contributed by atoms with E-state index in [1.807, 2.05) is 0 Å². The Morgan fingerprint density at radius 3 is 2.33 bits per heavy atom. The van der Waals surface area contributed by atoms with Crippen molar-refractivity contribution in [3.8, 4) is 5.75 Å². The molecule has 0 aliphatic carbocycles. The standard InChI is InChI=1S/C17H17F3N2O4S/c1-22(11-16(23)21-13-4-3-5-14(10-13)26-2)27(24,25)15-8-6-12(7-9-15)17(18,19)20/h3-10H,11H2,1-2H3,(H,21,23). The molecule has 0 aliphatic rings. The van der Waals surface area contributed by atoms with Crippen molar-refractivity contribution < 1.29 is 31.1 Å². The van der Waals surface area contributed by atoms with E-state index >= 15 is 0 Å². The van der Waals surface area contributed by atoms with Gasteiger partial charge in [0, 0.05) is 18.8 Å². The lowest BCUT2D eigenvalue weighted by Crippen LogP contribution is -2.35. The number of alkyl halides is 3. The molecule has 2 rings (SSSR count). The number of methoxy groups -OCH3 is 1. The van der Waals surface area contributed by atoms with Crippen LogP contribution in [0.25, 0.3) is 0 Å². The van der Waals surface area contributed by atoms with Crippen LogP contribution in [0, 0.1) is 0 Å². The number of likely N-dealkylation sites (N-methyl/N-ethyl adjacent to an activating group) is 1. The number of hydrogen-bond acceptors (Lipinski definition) is 4. The monoisotopic (exact) mass is 402 g/mol. The van der Waals surface area contributed by atoms with Gasteiger partial charge in [-0.15, -0.1) is 0 Å². The molecule has 0 aromatic heterocycles. The molecule has 2 aromatic carbocycles. The molecule has 0 atom stereocenters. The number of ether oxygens (including phenoxy) is 1. The van der Waals surface area contributed by atoms with Crippen molar-refractivity contribution in [1.82, 2.24) is 4.31 Å². The summed E-state index contributed by atoms with van der Waals surface area (Å²) >= 11 is 0. The molecule has 1 amide bonds. The molecule has 10 heteroatoms. The van der Waals surface area contributed by atoms with Gasteiger partial charge in [-0.1, -0.05) is 6.07 Å². The van der Waals surface area contributed by atoms with Gasteiger partial charge in [-0.25, -0.2) is 8.42 Å². The van der Waals surface area contributed by atoms with Gasteiger partial charge in [-0.3, -0.25) is 4.79 Å². The predicted octanol–water partition coefficient (Wildman–Crippen LogP) is 2.97. The fourth-order valence-electron chi connectivity index (χ4n) is 2.18. The molecule has 0 aliphatic heterocycles. The van der Waals surface area contributed by atoms with E-state index < -0.39 is 34.2 Å². The minimum atomic E-state index is -4.56. The highest BCUT2D eigenvalue weighted by atomic mass is 32.2. The molecule has 1 N–H and O–H groups in total. The highest BCUT2D eigenvalue weighted by Gasteiger charge is 2.31. The van der Waals surface area contributed by atoms with Crippen LogP contribution in [0.3, 0.4) is 0 Å². The van der Waals surface area contributed by atoms with Gasteiger partial charge in [0.05, 0.1) is 24.1 Å². The third kappa shape index (κ3) is 5.20. The number of sulfonamides is 1. The maximum absolute atomic E-state index is 12.6. The second-order valence-electron chi connectivity index (χ2n) is 5.56. The Bertz CT molecular complexity index is 913. The van der Waals surface area contributed by atoms with Crippen molar-refractivity contribution in [2.75, 3.05) is 26.0 Å². The minimum absolute atomic E-state index is 0.341. The highest BCUT2D eigenvalue weighted by Crippen LogP contribution is 2.30. The van der Waals surface area contributed by atoms with Crippen LogP contribution in [-0.4, -0.2) is 39.3 Å². The largest absolute Gasteiger partial charge is 0.497 e. The van der Waals surface area contributed by atoms with Crippen LogP contribution in [0.4, 0.5) is 18.9 Å². The molecule has 2 aromatic rings. The van der Waals surface area contributed by atoms with Gasteiger partial charge in [0.25, 0.3) is 0 Å². The van der Waals surface area contributed by atoms with E-state index in [0.29, 0.717) is 23.6 Å². The first-order valence-corrected chi connectivity index (χ1v) is 9.05. The Kier molecular flexibility index (Phi) is 6.11. The first kappa shape index (κ1) is 20.7. The lowest BCUT2D eigenvalue weighted by molar-refractivity contribution is -0.137. The summed E-state index contributed by atoms with van der Waals surface area (Å²) in [5.41, 5.74) is -0.542. The van der Waals surface area contributed by atoms with Gasteiger partial charge in [0.1, 0.15) is 5.75 Å². The zero-order chi connectivity index (χ0) is 20.2. The predicted molar refractivity (Wildman–Crippen MR) is 92.9 cm³/mol. The number of carbonyl (C=O) groups is 1. The topological polar surface area (TPSA) is 75.7 Å². The Labute approximate surface area is 154 Å². The number of nitrogens with zero attached hydrogens (tertiary/aromatic N) is 1. The van der Waals surface area contributed by atoms with Gasteiger partial charge < -0.3 is 10.1 Å². The van der Waals surface area contributed by atoms with E-state index in [1.165, 1.54) is 7.11 Å². The van der Waals surface area contributed by atoms with Crippen molar-refractivity contribution in [2.45, 2.75) is 11.1 Å². The van der Waals surface area contributed by atoms with Crippen molar-refractivity contribution in [3.63, 3.8) is 0 Å². The second-order valence-corrected chi connectivity index (χ2v) is 7.61. The van der Waals surface area contributed by atoms with Crippen LogP contribution in [0.15, 0.2) is 53.4 Å². The molecule has 0 heterocycles. The number of hydrogen-bond donors (Lipinski definition) is 1. The van der Waals surface area contributed by atoms with Gasteiger partial charge in [-0.2, -0.15) is 17.5 Å². The lowest BCUT2D eigenvalue weighted by Gasteiger charge is -2.17. The summed E-state index contributed by atoms with van der Waals surface area (Å²) in [6.45, 7) is -0.513. The highest BCUT2D eigenvalue weighted by molar-refractivity contribution is 7.89. The van der Waals surface area contributed by atoms with E-state index in [9.17, 15) is 26.4 Å². The molecular weight excluding hydrogens is 385 g/mol. The third-order valence-corrected chi connectivity index (χ3v) is 5.43. The molecule has 0 unspecified atom stereocenters. The van der Waals surface area contributed by atoms with Gasteiger partial charge in [-0.05, 0) is 36.4 Å². The van der Waals surface area contributed by atoms with Crippen LogP contribution in [0.5, 0.6) is 5.75 Å².